The quantitative estimate of drug-likeness (QED) is 0.160. The predicted molar refractivity (Wildman–Crippen MR) is 317 cm³/mol. The van der Waals surface area contributed by atoms with Crippen molar-refractivity contribution in [2.24, 2.45) is 5.41 Å². The third-order valence-electron chi connectivity index (χ3n) is 18.6. The lowest BCUT2D eigenvalue weighted by Gasteiger charge is -2.58. The zero-order valence-corrected chi connectivity index (χ0v) is 46.8. The Labute approximate surface area is 443 Å². The Bertz CT molecular complexity index is 3440. The molecule has 0 radical (unpaired) electrons. The maximum absolute atomic E-state index is 7.50. The molecule has 3 unspecified atom stereocenters. The molecule has 74 heavy (non-hydrogen) atoms. The predicted octanol–water partition coefficient (Wildman–Crippen LogP) is 17.7. The van der Waals surface area contributed by atoms with Crippen LogP contribution >= 0.6 is 0 Å². The third kappa shape index (κ3) is 7.57. The standard InChI is InChI=1S/C70H77BN2O/c1-65(2,3)45-26-31-49(32-27-45)72(50-33-28-46(29-34-50)66(4,5)6)51-41-54-55-43-69(13)36-20-21-37-70(69,14)56-39-48(68(10,11)12)40-57(61(55)56)71-62(54)59(42-51)73(64-63(71)52-24-18-19-25-60(52)74-64)58-35-30-47(67(7,8)9)38-53(58)44-22-16-15-17-23-44/h15-19,22-35,38-42,55H,20-21,36-37,43H2,1-14H3. The summed E-state index contributed by atoms with van der Waals surface area (Å²) >= 11 is 0. The number of para-hydroxylation sites is 1. The van der Waals surface area contributed by atoms with Crippen molar-refractivity contribution >= 4 is 68.4 Å². The first-order chi connectivity index (χ1) is 34.9. The van der Waals surface area contributed by atoms with Gasteiger partial charge in [0.05, 0.1) is 5.69 Å². The molecule has 12 rings (SSSR count). The van der Waals surface area contributed by atoms with Crippen molar-refractivity contribution in [2.75, 3.05) is 9.80 Å². The Morgan fingerprint density at radius 3 is 1.74 bits per heavy atom. The lowest BCUT2D eigenvalue weighted by molar-refractivity contribution is 0.0602. The first-order valence-corrected chi connectivity index (χ1v) is 27.8. The normalized spacial score (nSPS) is 20.2. The van der Waals surface area contributed by atoms with Crippen LogP contribution in [0.3, 0.4) is 0 Å². The summed E-state index contributed by atoms with van der Waals surface area (Å²) in [4.78, 5) is 5.10. The lowest BCUT2D eigenvalue weighted by Crippen LogP contribution is -2.64. The van der Waals surface area contributed by atoms with Gasteiger partial charge in [-0.2, -0.15) is 0 Å². The van der Waals surface area contributed by atoms with E-state index in [2.05, 4.69) is 252 Å². The molecular formula is C70H77BN2O. The van der Waals surface area contributed by atoms with Gasteiger partial charge in [0, 0.05) is 45.1 Å². The van der Waals surface area contributed by atoms with E-state index in [4.69, 9.17) is 4.42 Å². The molecule has 1 fully saturated rings. The summed E-state index contributed by atoms with van der Waals surface area (Å²) in [5.41, 5.74) is 23.5. The van der Waals surface area contributed by atoms with E-state index in [1.54, 1.807) is 11.1 Å². The van der Waals surface area contributed by atoms with Crippen molar-refractivity contribution in [1.29, 1.82) is 0 Å². The summed E-state index contributed by atoms with van der Waals surface area (Å²) in [5.74, 6) is 1.13. The second-order valence-electron chi connectivity index (χ2n) is 27.5. The number of fused-ring (bicyclic) bond motifs is 8. The van der Waals surface area contributed by atoms with Gasteiger partial charge in [-0.25, -0.2) is 0 Å². The molecule has 4 heteroatoms. The third-order valence-corrected chi connectivity index (χ3v) is 18.6. The molecule has 3 heterocycles. The van der Waals surface area contributed by atoms with Crippen molar-refractivity contribution in [3.8, 4) is 11.1 Å². The first kappa shape index (κ1) is 48.7. The van der Waals surface area contributed by atoms with Crippen LogP contribution in [0.25, 0.3) is 22.1 Å². The van der Waals surface area contributed by atoms with E-state index in [0.717, 1.165) is 35.0 Å². The summed E-state index contributed by atoms with van der Waals surface area (Å²) in [7, 11) is 0. The summed E-state index contributed by atoms with van der Waals surface area (Å²) in [6, 6.07) is 56.5. The molecule has 7 aromatic carbocycles. The highest BCUT2D eigenvalue weighted by molar-refractivity contribution is 7.00. The van der Waals surface area contributed by atoms with Crippen LogP contribution < -0.4 is 26.2 Å². The molecule has 2 aliphatic carbocycles. The van der Waals surface area contributed by atoms with Crippen LogP contribution in [0.4, 0.5) is 34.3 Å². The number of rotatable bonds is 5. The number of nitrogens with zero attached hydrogens (tertiary/aromatic N) is 2. The Morgan fingerprint density at radius 1 is 0.541 bits per heavy atom. The first-order valence-electron chi connectivity index (χ1n) is 27.8. The van der Waals surface area contributed by atoms with E-state index < -0.39 is 0 Å². The lowest BCUT2D eigenvalue weighted by atomic mass is 9.29. The minimum absolute atomic E-state index is 0.0230. The van der Waals surface area contributed by atoms with Gasteiger partial charge in [-0.3, -0.25) is 4.90 Å². The molecule has 0 amide bonds. The molecule has 3 atom stereocenters. The van der Waals surface area contributed by atoms with Crippen molar-refractivity contribution in [3.63, 3.8) is 0 Å². The summed E-state index contributed by atoms with van der Waals surface area (Å²) in [5, 5.41) is 1.20. The Balaban J connectivity index is 1.23. The van der Waals surface area contributed by atoms with Gasteiger partial charge in [0.1, 0.15) is 5.58 Å². The highest BCUT2D eigenvalue weighted by atomic mass is 16.4. The molecule has 2 aliphatic heterocycles. The number of hydrogen-bond donors (Lipinski definition) is 0. The van der Waals surface area contributed by atoms with Crippen LogP contribution in [0.1, 0.15) is 174 Å². The Kier molecular flexibility index (Phi) is 10.9. The van der Waals surface area contributed by atoms with Gasteiger partial charge in [0.25, 0.3) is 6.71 Å². The number of hydrogen-bond acceptors (Lipinski definition) is 3. The fourth-order valence-electron chi connectivity index (χ4n) is 13.9. The molecule has 4 aliphatic rings. The van der Waals surface area contributed by atoms with Gasteiger partial charge in [-0.15, -0.1) is 0 Å². The number of benzene rings is 7. The summed E-state index contributed by atoms with van der Waals surface area (Å²) in [6.45, 7) is 33.4. The zero-order valence-electron chi connectivity index (χ0n) is 46.8. The van der Waals surface area contributed by atoms with E-state index in [1.165, 1.54) is 97.8 Å². The number of furan rings is 1. The second-order valence-corrected chi connectivity index (χ2v) is 27.5. The van der Waals surface area contributed by atoms with Gasteiger partial charge in [0.15, 0.2) is 0 Å². The van der Waals surface area contributed by atoms with Crippen molar-refractivity contribution in [3.05, 3.63) is 185 Å². The minimum atomic E-state index is -0.0544. The smallest absolute Gasteiger partial charge is 0.252 e. The largest absolute Gasteiger partial charge is 0.440 e. The molecule has 0 N–H and O–H groups in total. The fraction of sp³-hybridized carbons (Fsp3) is 0.371. The maximum Gasteiger partial charge on any atom is 0.252 e. The molecule has 0 spiro atoms. The second kappa shape index (κ2) is 16.6. The molecule has 1 aromatic heterocycles. The Hall–Kier alpha value is -6.26. The summed E-state index contributed by atoms with van der Waals surface area (Å²) < 4.78 is 7.50. The van der Waals surface area contributed by atoms with Gasteiger partial charge < -0.3 is 9.32 Å². The topological polar surface area (TPSA) is 19.6 Å². The fourth-order valence-corrected chi connectivity index (χ4v) is 13.9. The molecule has 376 valence electrons. The molecule has 0 saturated heterocycles. The highest BCUT2D eigenvalue weighted by Gasteiger charge is 2.57. The van der Waals surface area contributed by atoms with Gasteiger partial charge in [-0.1, -0.05) is 206 Å². The molecule has 3 nitrogen and oxygen atoms in total. The van der Waals surface area contributed by atoms with Crippen molar-refractivity contribution in [2.45, 2.75) is 162 Å². The highest BCUT2D eigenvalue weighted by Crippen LogP contribution is 2.63. The maximum atomic E-state index is 7.50. The van der Waals surface area contributed by atoms with Crippen molar-refractivity contribution < 1.29 is 4.42 Å². The van der Waals surface area contributed by atoms with E-state index in [1.807, 2.05) is 0 Å². The monoisotopic (exact) mass is 973 g/mol. The number of anilines is 6. The van der Waals surface area contributed by atoms with E-state index in [9.17, 15) is 0 Å². The van der Waals surface area contributed by atoms with Gasteiger partial charge in [-0.05, 0) is 156 Å². The average Bonchev–Trinajstić information content (AvgIpc) is 3.76. The SMILES string of the molecule is CC(C)(C)c1ccc(N(c2ccc(C(C)(C)C)cc2)c2cc3c4c(c2)N(c2ccc(C(C)(C)C)cc2-c2ccccc2)c2oc5ccccc5c2B4c2cc(C(C)(C)C)cc4c2C3CC2(C)CCCCC42C)cc1. The average molecular weight is 973 g/mol. The van der Waals surface area contributed by atoms with Crippen LogP contribution in [0.15, 0.2) is 150 Å². The van der Waals surface area contributed by atoms with Gasteiger partial charge in [0.2, 0.25) is 5.88 Å². The van der Waals surface area contributed by atoms with Crippen LogP contribution in [-0.4, -0.2) is 6.71 Å². The van der Waals surface area contributed by atoms with E-state index in [0.29, 0.717) is 0 Å². The zero-order chi connectivity index (χ0) is 52.1. The van der Waals surface area contributed by atoms with Crippen LogP contribution in [0.5, 0.6) is 0 Å². The summed E-state index contributed by atoms with van der Waals surface area (Å²) in [6.07, 6.45) is 6.16. The van der Waals surface area contributed by atoms with Crippen LogP contribution in [0, 0.1) is 5.41 Å². The molecule has 8 aromatic rings. The molecule has 0 bridgehead atoms. The van der Waals surface area contributed by atoms with Crippen LogP contribution in [-0.2, 0) is 27.1 Å². The van der Waals surface area contributed by atoms with E-state index in [-0.39, 0.29) is 45.1 Å². The Morgan fingerprint density at radius 2 is 1.12 bits per heavy atom. The minimum Gasteiger partial charge on any atom is -0.440 e. The molecular weight excluding hydrogens is 896 g/mol. The van der Waals surface area contributed by atoms with E-state index >= 15 is 0 Å². The molecule has 1 saturated carbocycles. The van der Waals surface area contributed by atoms with Crippen molar-refractivity contribution in [1.82, 2.24) is 0 Å². The van der Waals surface area contributed by atoms with Gasteiger partial charge >= 0.3 is 0 Å². The van der Waals surface area contributed by atoms with Crippen LogP contribution in [0.2, 0.25) is 0 Å².